The van der Waals surface area contributed by atoms with E-state index in [4.69, 9.17) is 0 Å². The monoisotopic (exact) mass is 506 g/mol. The zero-order valence-electron chi connectivity index (χ0n) is 19.7. The van der Waals surface area contributed by atoms with Crippen molar-refractivity contribution in [1.29, 1.82) is 0 Å². The van der Waals surface area contributed by atoms with Crippen LogP contribution in [0.4, 0.5) is 5.13 Å². The number of thiazole rings is 1. The second kappa shape index (κ2) is 11.3. The van der Waals surface area contributed by atoms with Crippen LogP contribution in [0.2, 0.25) is 0 Å². The number of amides is 2. The van der Waals surface area contributed by atoms with Gasteiger partial charge in [-0.25, -0.2) is 4.98 Å². The number of aromatic nitrogens is 4. The van der Waals surface area contributed by atoms with E-state index < -0.39 is 0 Å². The highest BCUT2D eigenvalue weighted by molar-refractivity contribution is 7.99. The largest absolute Gasteiger partial charge is 0.342 e. The van der Waals surface area contributed by atoms with Crippen LogP contribution >= 0.6 is 23.1 Å². The Labute approximate surface area is 212 Å². The Kier molecular flexibility index (Phi) is 7.94. The number of nitrogens with zero attached hydrogens (tertiary/aromatic N) is 4. The minimum Gasteiger partial charge on any atom is -0.342 e. The lowest BCUT2D eigenvalue weighted by Gasteiger charge is -2.15. The second-order valence-electron chi connectivity index (χ2n) is 7.89. The molecule has 2 aromatic heterocycles. The molecule has 0 aliphatic heterocycles. The van der Waals surface area contributed by atoms with Gasteiger partial charge in [-0.3, -0.25) is 9.59 Å². The van der Waals surface area contributed by atoms with Crippen molar-refractivity contribution in [2.24, 2.45) is 0 Å². The number of carbonyl (C=O) groups is 2. The summed E-state index contributed by atoms with van der Waals surface area (Å²) in [6.45, 7) is 6.44. The predicted octanol–water partition coefficient (Wildman–Crippen LogP) is 4.95. The van der Waals surface area contributed by atoms with E-state index in [-0.39, 0.29) is 23.6 Å². The first-order valence-electron chi connectivity index (χ1n) is 11.2. The molecule has 180 valence electrons. The third-order valence-corrected chi connectivity index (χ3v) is 6.99. The number of aryl methyl sites for hydroxylation is 1. The van der Waals surface area contributed by atoms with E-state index in [2.05, 4.69) is 25.8 Å². The minimum atomic E-state index is -0.342. The van der Waals surface area contributed by atoms with Gasteiger partial charge in [-0.2, -0.15) is 0 Å². The van der Waals surface area contributed by atoms with Crippen LogP contribution in [0.5, 0.6) is 0 Å². The van der Waals surface area contributed by atoms with Crippen molar-refractivity contribution in [3.63, 3.8) is 0 Å². The molecule has 0 aliphatic carbocycles. The van der Waals surface area contributed by atoms with Crippen LogP contribution in [0.25, 0.3) is 11.3 Å². The molecule has 4 rings (SSSR count). The molecule has 8 nitrogen and oxygen atoms in total. The molecule has 0 bridgehead atoms. The topological polar surface area (TPSA) is 102 Å². The van der Waals surface area contributed by atoms with Crippen LogP contribution in [0.3, 0.4) is 0 Å². The van der Waals surface area contributed by atoms with E-state index in [0.29, 0.717) is 28.2 Å². The van der Waals surface area contributed by atoms with Crippen LogP contribution in [0.1, 0.15) is 41.6 Å². The van der Waals surface area contributed by atoms with Gasteiger partial charge in [-0.1, -0.05) is 59.8 Å². The summed E-state index contributed by atoms with van der Waals surface area (Å²) in [5, 5.41) is 17.5. The van der Waals surface area contributed by atoms with Crippen molar-refractivity contribution in [3.8, 4) is 11.3 Å². The Balaban J connectivity index is 1.35. The van der Waals surface area contributed by atoms with Gasteiger partial charge in [0.1, 0.15) is 0 Å². The van der Waals surface area contributed by atoms with Crippen molar-refractivity contribution in [3.05, 3.63) is 76.9 Å². The van der Waals surface area contributed by atoms with Gasteiger partial charge in [0.2, 0.25) is 5.91 Å². The molecular weight excluding hydrogens is 480 g/mol. The van der Waals surface area contributed by atoms with Gasteiger partial charge in [-0.05, 0) is 32.9 Å². The fourth-order valence-corrected chi connectivity index (χ4v) is 4.98. The van der Waals surface area contributed by atoms with Crippen LogP contribution in [0, 0.1) is 6.92 Å². The molecule has 0 spiro atoms. The molecule has 2 N–H and O–H groups in total. The average molecular weight is 507 g/mol. The zero-order chi connectivity index (χ0) is 24.8. The van der Waals surface area contributed by atoms with Crippen molar-refractivity contribution >= 4 is 40.0 Å². The van der Waals surface area contributed by atoms with Gasteiger partial charge >= 0.3 is 0 Å². The number of rotatable bonds is 9. The molecule has 0 unspecified atom stereocenters. The van der Waals surface area contributed by atoms with Gasteiger partial charge in [0.15, 0.2) is 16.1 Å². The average Bonchev–Trinajstić information content (AvgIpc) is 3.50. The first kappa shape index (κ1) is 24.6. The molecule has 4 aromatic rings. The number of hydrogen-bond donors (Lipinski definition) is 2. The molecule has 1 atom stereocenters. The predicted molar refractivity (Wildman–Crippen MR) is 140 cm³/mol. The molecule has 2 heterocycles. The minimum absolute atomic E-state index is 0.169. The highest BCUT2D eigenvalue weighted by Gasteiger charge is 2.20. The van der Waals surface area contributed by atoms with Crippen LogP contribution in [-0.2, 0) is 11.3 Å². The maximum absolute atomic E-state index is 12.6. The summed E-state index contributed by atoms with van der Waals surface area (Å²) in [5.41, 5.74) is 3.52. The first-order chi connectivity index (χ1) is 16.9. The maximum atomic E-state index is 12.6. The normalized spacial score (nSPS) is 11.7. The van der Waals surface area contributed by atoms with E-state index in [1.165, 1.54) is 23.1 Å². The number of thioether (sulfide) groups is 1. The summed E-state index contributed by atoms with van der Waals surface area (Å²) in [5.74, 6) is 0.470. The van der Waals surface area contributed by atoms with Gasteiger partial charge in [0.25, 0.3) is 5.91 Å². The van der Waals surface area contributed by atoms with E-state index in [9.17, 15) is 9.59 Å². The summed E-state index contributed by atoms with van der Waals surface area (Å²) in [6.07, 6.45) is 0. The third kappa shape index (κ3) is 6.14. The van der Waals surface area contributed by atoms with E-state index in [1.807, 2.05) is 73.2 Å². The fraction of sp³-hybridized carbons (Fsp3) is 0.240. The highest BCUT2D eigenvalue weighted by atomic mass is 32.2. The second-order valence-corrected chi connectivity index (χ2v) is 9.69. The Morgan fingerprint density at radius 3 is 2.54 bits per heavy atom. The fourth-order valence-electron chi connectivity index (χ4n) is 3.43. The summed E-state index contributed by atoms with van der Waals surface area (Å²) < 4.78 is 1.91. The Bertz CT molecular complexity index is 1300. The molecule has 0 radical (unpaired) electrons. The lowest BCUT2D eigenvalue weighted by molar-refractivity contribution is -0.113. The molecule has 2 aromatic carbocycles. The first-order valence-corrected chi connectivity index (χ1v) is 13.1. The third-order valence-electron chi connectivity index (χ3n) is 5.26. The van der Waals surface area contributed by atoms with Crippen LogP contribution < -0.4 is 10.6 Å². The van der Waals surface area contributed by atoms with E-state index in [0.717, 1.165) is 16.8 Å². The lowest BCUT2D eigenvalue weighted by atomic mass is 10.1. The Morgan fingerprint density at radius 1 is 1.09 bits per heavy atom. The van der Waals surface area contributed by atoms with Gasteiger partial charge in [0.05, 0.1) is 17.5 Å². The summed E-state index contributed by atoms with van der Waals surface area (Å²) in [4.78, 5) is 29.6. The van der Waals surface area contributed by atoms with E-state index >= 15 is 0 Å². The molecular formula is C25H26N6O2S2. The van der Waals surface area contributed by atoms with Crippen LogP contribution in [0.15, 0.2) is 65.1 Å². The van der Waals surface area contributed by atoms with Crippen LogP contribution in [-0.4, -0.2) is 37.3 Å². The molecule has 35 heavy (non-hydrogen) atoms. The maximum Gasteiger partial charge on any atom is 0.251 e. The number of benzene rings is 2. The zero-order valence-corrected chi connectivity index (χ0v) is 21.3. The smallest absolute Gasteiger partial charge is 0.251 e. The Hall–Kier alpha value is -3.50. The molecule has 0 aliphatic rings. The molecule has 0 fully saturated rings. The van der Waals surface area contributed by atoms with Crippen molar-refractivity contribution in [2.75, 3.05) is 11.1 Å². The number of nitrogens with one attached hydrogen (secondary N) is 2. The number of carbonyl (C=O) groups excluding carboxylic acids is 2. The molecule has 10 heteroatoms. The number of anilines is 1. The van der Waals surface area contributed by atoms with Crippen molar-refractivity contribution in [1.82, 2.24) is 25.1 Å². The quantitative estimate of drug-likeness (QED) is 0.312. The highest BCUT2D eigenvalue weighted by Crippen LogP contribution is 2.25. The van der Waals surface area contributed by atoms with Crippen molar-refractivity contribution < 1.29 is 9.59 Å². The molecule has 0 saturated heterocycles. The summed E-state index contributed by atoms with van der Waals surface area (Å²) in [7, 11) is 0. The Morgan fingerprint density at radius 2 is 1.83 bits per heavy atom. The SMILES string of the molecule is CCn1c(SCC(=O)Nc2nc(-c3ccccc3)cs2)nnc1[C@@H](C)NC(=O)c1ccc(C)cc1. The number of hydrogen-bond acceptors (Lipinski definition) is 7. The van der Waals surface area contributed by atoms with Crippen molar-refractivity contribution in [2.45, 2.75) is 38.5 Å². The standard InChI is InChI=1S/C25H26N6O2S2/c1-4-31-22(17(3)26-23(33)19-12-10-16(2)11-13-19)29-30-25(31)35-15-21(32)28-24-27-20(14-34-24)18-8-6-5-7-9-18/h5-14,17H,4,15H2,1-3H3,(H,26,33)(H,27,28,32)/t17-/m1/s1. The van der Waals surface area contributed by atoms with Gasteiger partial charge < -0.3 is 15.2 Å². The summed E-state index contributed by atoms with van der Waals surface area (Å²) in [6, 6.07) is 16.9. The van der Waals surface area contributed by atoms with E-state index in [1.54, 1.807) is 12.1 Å². The van der Waals surface area contributed by atoms with Gasteiger partial charge in [0, 0.05) is 23.1 Å². The lowest BCUT2D eigenvalue weighted by Crippen LogP contribution is -2.28. The molecule has 2 amide bonds. The summed E-state index contributed by atoms with van der Waals surface area (Å²) >= 11 is 2.69. The molecule has 0 saturated carbocycles. The van der Waals surface area contributed by atoms with Gasteiger partial charge in [-0.15, -0.1) is 21.5 Å².